The Hall–Kier alpha value is -0.600. The average Bonchev–Trinajstić information content (AvgIpc) is 2.57. The van der Waals surface area contributed by atoms with E-state index < -0.39 is 0 Å². The summed E-state index contributed by atoms with van der Waals surface area (Å²) in [5.74, 6) is 0. The normalized spacial score (nSPS) is 28.4. The maximum Gasteiger partial charge on any atom is 0.345 e. The molecule has 0 spiro atoms. The Labute approximate surface area is 107 Å². The van der Waals surface area contributed by atoms with Crippen molar-refractivity contribution in [3.05, 3.63) is 22.3 Å². The summed E-state index contributed by atoms with van der Waals surface area (Å²) >= 11 is 2.18. The molecule has 2 bridgehead atoms. The molecular weight excluding hydrogens is 323 g/mol. The maximum absolute atomic E-state index is 12.0. The molecule has 2 aliphatic rings. The predicted molar refractivity (Wildman–Crippen MR) is 66.9 cm³/mol. The molecule has 5 nitrogen and oxygen atoms in total. The van der Waals surface area contributed by atoms with Crippen molar-refractivity contribution in [3.8, 4) is 0 Å². The highest BCUT2D eigenvalue weighted by Crippen LogP contribution is 2.33. The van der Waals surface area contributed by atoms with Crippen LogP contribution in [0.2, 0.25) is 0 Å². The summed E-state index contributed by atoms with van der Waals surface area (Å²) in [4.78, 5) is 18.9. The fraction of sp³-hybridized carbons (Fsp3) is 0.500. The van der Waals surface area contributed by atoms with Gasteiger partial charge in [0.25, 0.3) is 0 Å². The molecule has 6 heteroatoms. The van der Waals surface area contributed by atoms with Crippen LogP contribution in [0.15, 0.2) is 22.3 Å². The first-order valence-corrected chi connectivity index (χ1v) is 6.08. The van der Waals surface area contributed by atoms with E-state index in [1.54, 1.807) is 11.0 Å². The lowest BCUT2D eigenvalue weighted by Crippen LogP contribution is -2.40. The fourth-order valence-electron chi connectivity index (χ4n) is 1.89. The third-order valence-corrected chi connectivity index (χ3v) is 3.75. The molecule has 1 N–H and O–H groups in total. The van der Waals surface area contributed by atoms with Crippen LogP contribution in [0.5, 0.6) is 0 Å². The van der Waals surface area contributed by atoms with Crippen molar-refractivity contribution >= 4 is 28.6 Å². The summed E-state index contributed by atoms with van der Waals surface area (Å²) in [6.07, 6.45) is 3.51. The van der Waals surface area contributed by atoms with E-state index in [4.69, 9.17) is 4.84 Å². The van der Waals surface area contributed by atoms with Gasteiger partial charge in [-0.05, 0) is 28.7 Å². The quantitative estimate of drug-likeness (QED) is 0.613. The molecule has 2 rings (SSSR count). The van der Waals surface area contributed by atoms with Crippen molar-refractivity contribution in [1.29, 1.82) is 0 Å². The summed E-state index contributed by atoms with van der Waals surface area (Å²) in [6.45, 7) is 4.38. The van der Waals surface area contributed by atoms with E-state index in [2.05, 4.69) is 29.2 Å². The van der Waals surface area contributed by atoms with Gasteiger partial charge in [0.05, 0.1) is 25.8 Å². The second-order valence-electron chi connectivity index (χ2n) is 3.66. The van der Waals surface area contributed by atoms with Crippen molar-refractivity contribution in [3.63, 3.8) is 0 Å². The highest BCUT2D eigenvalue weighted by Gasteiger charge is 2.45. The van der Waals surface area contributed by atoms with Gasteiger partial charge in [0.2, 0.25) is 0 Å². The number of fused-ring (bicyclic) bond motifs is 2. The largest absolute Gasteiger partial charge is 0.394 e. The third kappa shape index (κ3) is 1.85. The molecule has 1 fully saturated rings. The van der Waals surface area contributed by atoms with Crippen LogP contribution < -0.4 is 0 Å². The number of carbonyl (C=O) groups is 1. The number of halogens is 1. The number of hydroxylamine groups is 2. The van der Waals surface area contributed by atoms with Gasteiger partial charge in [-0.25, -0.2) is 4.79 Å². The Morgan fingerprint density at radius 1 is 1.75 bits per heavy atom. The Bertz CT molecular complexity index is 345. The summed E-state index contributed by atoms with van der Waals surface area (Å²) in [6, 6.07) is -0.461. The average molecular weight is 336 g/mol. The van der Waals surface area contributed by atoms with Crippen molar-refractivity contribution in [1.82, 2.24) is 9.96 Å². The number of nitrogens with zero attached hydrogens (tertiary/aromatic N) is 2. The molecular formula is C10H13IN2O3. The molecule has 88 valence electrons. The van der Waals surface area contributed by atoms with Gasteiger partial charge < -0.3 is 10.0 Å². The van der Waals surface area contributed by atoms with Crippen LogP contribution in [0, 0.1) is 0 Å². The topological polar surface area (TPSA) is 53.0 Å². The van der Waals surface area contributed by atoms with Crippen molar-refractivity contribution in [2.24, 2.45) is 0 Å². The molecule has 2 heterocycles. The third-order valence-electron chi connectivity index (χ3n) is 2.68. The molecule has 2 aliphatic heterocycles. The van der Waals surface area contributed by atoms with E-state index in [-0.39, 0.29) is 24.7 Å². The number of hydrogen-bond donors (Lipinski definition) is 1. The molecule has 2 atom stereocenters. The second-order valence-corrected chi connectivity index (χ2v) is 4.91. The van der Waals surface area contributed by atoms with Crippen LogP contribution in [0.1, 0.15) is 0 Å². The molecule has 0 aromatic rings. The number of carbonyl (C=O) groups excluding carboxylic acids is 1. The van der Waals surface area contributed by atoms with Crippen LogP contribution in [0.4, 0.5) is 4.79 Å². The monoisotopic (exact) mass is 336 g/mol. The minimum Gasteiger partial charge on any atom is -0.394 e. The fourth-order valence-corrected chi connectivity index (χ4v) is 2.75. The number of aliphatic hydroxyl groups is 1. The number of aliphatic hydroxyl groups excluding tert-OH is 1. The Kier molecular flexibility index (Phi) is 3.50. The maximum atomic E-state index is 12.0. The van der Waals surface area contributed by atoms with Gasteiger partial charge in [0.15, 0.2) is 0 Å². The zero-order valence-corrected chi connectivity index (χ0v) is 10.8. The van der Waals surface area contributed by atoms with E-state index in [0.29, 0.717) is 13.2 Å². The van der Waals surface area contributed by atoms with Crippen LogP contribution >= 0.6 is 22.6 Å². The lowest BCUT2D eigenvalue weighted by atomic mass is 10.1. The Morgan fingerprint density at radius 3 is 3.12 bits per heavy atom. The van der Waals surface area contributed by atoms with Crippen molar-refractivity contribution < 1.29 is 14.7 Å². The van der Waals surface area contributed by atoms with Crippen LogP contribution in [-0.2, 0) is 4.84 Å². The first-order chi connectivity index (χ1) is 7.69. The van der Waals surface area contributed by atoms with Crippen LogP contribution in [-0.4, -0.2) is 52.9 Å². The standard InChI is InChI=1S/C10H13IN2O3/c1-2-3-16-13-9-5-12(10(13)15)7(6-14)4-8(9)11/h2,4,7,9,14H,1,3,5-6H2/t7-,9?/m0/s1. The summed E-state index contributed by atoms with van der Waals surface area (Å²) < 4.78 is 1.03. The zero-order valence-electron chi connectivity index (χ0n) is 8.67. The van der Waals surface area contributed by atoms with Gasteiger partial charge in [-0.2, -0.15) is 5.06 Å². The second kappa shape index (κ2) is 4.72. The van der Waals surface area contributed by atoms with E-state index in [0.717, 1.165) is 3.58 Å². The van der Waals surface area contributed by atoms with E-state index in [1.165, 1.54) is 5.06 Å². The van der Waals surface area contributed by atoms with E-state index in [1.807, 2.05) is 6.08 Å². The smallest absolute Gasteiger partial charge is 0.345 e. The molecule has 0 saturated carbocycles. The van der Waals surface area contributed by atoms with Crippen LogP contribution in [0.25, 0.3) is 0 Å². The SMILES string of the molecule is C=CCON1C(=O)N2CC1C(I)=C[C@H]2CO. The van der Waals surface area contributed by atoms with Crippen molar-refractivity contribution in [2.45, 2.75) is 12.1 Å². The van der Waals surface area contributed by atoms with Gasteiger partial charge >= 0.3 is 6.03 Å². The molecule has 0 aromatic carbocycles. The molecule has 0 aliphatic carbocycles. The molecule has 16 heavy (non-hydrogen) atoms. The molecule has 1 unspecified atom stereocenters. The number of amides is 2. The van der Waals surface area contributed by atoms with Crippen LogP contribution in [0.3, 0.4) is 0 Å². The summed E-state index contributed by atoms with van der Waals surface area (Å²) in [5.41, 5.74) is 0. The minimum absolute atomic E-state index is 0.0455. The highest BCUT2D eigenvalue weighted by atomic mass is 127. The molecule has 2 amide bonds. The van der Waals surface area contributed by atoms with E-state index >= 15 is 0 Å². The first-order valence-electron chi connectivity index (χ1n) is 5.00. The van der Waals surface area contributed by atoms with E-state index in [9.17, 15) is 9.90 Å². The van der Waals surface area contributed by atoms with Gasteiger partial charge in [-0.1, -0.05) is 6.08 Å². The lowest BCUT2D eigenvalue weighted by molar-refractivity contribution is -0.108. The number of rotatable bonds is 4. The first kappa shape index (κ1) is 11.9. The minimum atomic E-state index is -0.229. The van der Waals surface area contributed by atoms with Gasteiger partial charge in [-0.3, -0.25) is 4.84 Å². The number of urea groups is 1. The van der Waals surface area contributed by atoms with Crippen molar-refractivity contribution in [2.75, 3.05) is 19.8 Å². The van der Waals surface area contributed by atoms with Gasteiger partial charge in [-0.15, -0.1) is 6.58 Å². The molecule has 0 aromatic heterocycles. The summed E-state index contributed by atoms with van der Waals surface area (Å²) in [7, 11) is 0. The Morgan fingerprint density at radius 2 is 2.50 bits per heavy atom. The summed E-state index contributed by atoms with van der Waals surface area (Å²) in [5, 5.41) is 10.6. The Balaban J connectivity index is 2.18. The lowest BCUT2D eigenvalue weighted by Gasteiger charge is -2.25. The van der Waals surface area contributed by atoms with Gasteiger partial charge in [0.1, 0.15) is 6.04 Å². The zero-order chi connectivity index (χ0) is 11.7. The van der Waals surface area contributed by atoms with Gasteiger partial charge in [0, 0.05) is 3.58 Å². The highest BCUT2D eigenvalue weighted by molar-refractivity contribution is 14.1. The molecule has 1 saturated heterocycles. The molecule has 0 radical (unpaired) electrons. The predicted octanol–water partition coefficient (Wildman–Crippen LogP) is 0.904. The number of hydrogen-bond acceptors (Lipinski definition) is 3.